The van der Waals surface area contributed by atoms with E-state index in [1.165, 1.54) is 12.1 Å². The van der Waals surface area contributed by atoms with Crippen LogP contribution in [0.25, 0.3) is 0 Å². The van der Waals surface area contributed by atoms with E-state index in [9.17, 15) is 14.0 Å². The van der Waals surface area contributed by atoms with Crippen molar-refractivity contribution >= 4 is 11.8 Å². The number of amides is 2. The molecule has 1 fully saturated rings. The van der Waals surface area contributed by atoms with E-state index in [-0.39, 0.29) is 17.7 Å². The van der Waals surface area contributed by atoms with Crippen LogP contribution in [0.15, 0.2) is 24.4 Å². The van der Waals surface area contributed by atoms with Gasteiger partial charge < -0.3 is 15.0 Å². The lowest BCUT2D eigenvalue weighted by atomic mass is 9.94. The Hall–Kier alpha value is -2.74. The number of hydrogen-bond acceptors (Lipinski definition) is 4. The van der Waals surface area contributed by atoms with Gasteiger partial charge >= 0.3 is 0 Å². The zero-order valence-electron chi connectivity index (χ0n) is 16.5. The van der Waals surface area contributed by atoms with Gasteiger partial charge in [-0.3, -0.25) is 14.3 Å². The molecule has 29 heavy (non-hydrogen) atoms. The van der Waals surface area contributed by atoms with E-state index in [1.807, 2.05) is 4.68 Å². The topological polar surface area (TPSA) is 76.5 Å². The molecule has 7 nitrogen and oxygen atoms in total. The molecule has 0 spiro atoms. The fraction of sp³-hybridized carbons (Fsp3) is 0.476. The lowest BCUT2D eigenvalue weighted by molar-refractivity contribution is 0.0301. The first-order chi connectivity index (χ1) is 14.0. The van der Waals surface area contributed by atoms with Crippen LogP contribution in [0.5, 0.6) is 0 Å². The smallest absolute Gasteiger partial charge is 0.257 e. The molecule has 2 aliphatic heterocycles. The molecular weight excluding hydrogens is 375 g/mol. The van der Waals surface area contributed by atoms with Crippen LogP contribution in [0, 0.1) is 18.7 Å². The van der Waals surface area contributed by atoms with Crippen molar-refractivity contribution in [3.8, 4) is 0 Å². The molecule has 4 rings (SSSR count). The first-order valence-electron chi connectivity index (χ1n) is 9.98. The van der Waals surface area contributed by atoms with Crippen molar-refractivity contribution in [1.82, 2.24) is 20.0 Å². The van der Waals surface area contributed by atoms with E-state index >= 15 is 0 Å². The van der Waals surface area contributed by atoms with Crippen LogP contribution in [-0.4, -0.2) is 59.3 Å². The van der Waals surface area contributed by atoms with Gasteiger partial charge in [-0.05, 0) is 49.4 Å². The highest BCUT2D eigenvalue weighted by Crippen LogP contribution is 2.24. The second-order valence-electron chi connectivity index (χ2n) is 7.72. The maximum Gasteiger partial charge on any atom is 0.257 e. The minimum Gasteiger partial charge on any atom is -0.378 e. The molecule has 1 N–H and O–H groups in total. The summed E-state index contributed by atoms with van der Waals surface area (Å²) < 4.78 is 20.8. The summed E-state index contributed by atoms with van der Waals surface area (Å²) in [5.74, 6) is -0.497. The Kier molecular flexibility index (Phi) is 5.62. The first kappa shape index (κ1) is 19.6. The number of carbonyl (C=O) groups excluding carboxylic acids is 2. The summed E-state index contributed by atoms with van der Waals surface area (Å²) >= 11 is 0. The van der Waals surface area contributed by atoms with Crippen molar-refractivity contribution in [1.29, 1.82) is 0 Å². The van der Waals surface area contributed by atoms with E-state index in [2.05, 4.69) is 10.4 Å². The molecule has 0 aliphatic carbocycles. The molecule has 2 amide bonds. The standard InChI is InChI=1S/C21H25FN4O3/c1-14-8-16(11-17(22)9-14)20(27)23-12-15-2-3-26-19(10-15)18(13-24-26)21(28)25-4-6-29-7-5-25/h8-9,11,13,15H,2-7,10,12H2,1H3,(H,23,27)/t15-/m0/s1. The molecule has 0 saturated carbocycles. The summed E-state index contributed by atoms with van der Waals surface area (Å²) in [6, 6.07) is 4.32. The maximum absolute atomic E-state index is 13.6. The highest BCUT2D eigenvalue weighted by Gasteiger charge is 2.28. The SMILES string of the molecule is Cc1cc(F)cc(C(=O)NC[C@H]2CCn3ncc(C(=O)N4CCOCC4)c3C2)c1. The number of morpholine rings is 1. The van der Waals surface area contributed by atoms with Gasteiger partial charge in [-0.2, -0.15) is 5.10 Å². The largest absolute Gasteiger partial charge is 0.378 e. The molecule has 0 bridgehead atoms. The minimum atomic E-state index is -0.414. The molecular formula is C21H25FN4O3. The molecule has 8 heteroatoms. The van der Waals surface area contributed by atoms with Crippen molar-refractivity contribution in [2.75, 3.05) is 32.8 Å². The fourth-order valence-corrected chi connectivity index (χ4v) is 4.00. The van der Waals surface area contributed by atoms with Crippen molar-refractivity contribution < 1.29 is 18.7 Å². The predicted molar refractivity (Wildman–Crippen MR) is 104 cm³/mol. The molecule has 3 heterocycles. The number of aromatic nitrogens is 2. The van der Waals surface area contributed by atoms with Crippen molar-refractivity contribution in [3.63, 3.8) is 0 Å². The number of benzene rings is 1. The molecule has 0 unspecified atom stereocenters. The molecule has 154 valence electrons. The van der Waals surface area contributed by atoms with Gasteiger partial charge in [0.1, 0.15) is 5.82 Å². The Morgan fingerprint density at radius 1 is 1.24 bits per heavy atom. The Morgan fingerprint density at radius 2 is 2.03 bits per heavy atom. The van der Waals surface area contributed by atoms with E-state index in [0.717, 1.165) is 12.1 Å². The van der Waals surface area contributed by atoms with Gasteiger partial charge in [0.2, 0.25) is 0 Å². The van der Waals surface area contributed by atoms with Crippen LogP contribution < -0.4 is 5.32 Å². The summed E-state index contributed by atoms with van der Waals surface area (Å²) in [4.78, 5) is 27.1. The normalized spacial score (nSPS) is 19.0. The number of ether oxygens (including phenoxy) is 1. The lowest BCUT2D eigenvalue weighted by Crippen LogP contribution is -2.41. The van der Waals surface area contributed by atoms with Crippen molar-refractivity contribution in [2.24, 2.45) is 5.92 Å². The molecule has 1 atom stereocenters. The number of hydrogen-bond donors (Lipinski definition) is 1. The van der Waals surface area contributed by atoms with E-state index in [4.69, 9.17) is 4.74 Å². The van der Waals surface area contributed by atoms with Crippen molar-refractivity contribution in [3.05, 3.63) is 52.6 Å². The van der Waals surface area contributed by atoms with Crippen LogP contribution in [0.4, 0.5) is 4.39 Å². The van der Waals surface area contributed by atoms with E-state index in [0.29, 0.717) is 62.5 Å². The van der Waals surface area contributed by atoms with Crippen LogP contribution in [0.1, 0.15) is 38.4 Å². The van der Waals surface area contributed by atoms with Gasteiger partial charge in [0.05, 0.1) is 30.7 Å². The third-order valence-electron chi connectivity index (χ3n) is 5.56. The van der Waals surface area contributed by atoms with Gasteiger partial charge in [0.25, 0.3) is 11.8 Å². The minimum absolute atomic E-state index is 0.00512. The van der Waals surface area contributed by atoms with Crippen molar-refractivity contribution in [2.45, 2.75) is 26.3 Å². The Balaban J connectivity index is 1.40. The molecule has 2 aromatic rings. The molecule has 1 aromatic carbocycles. The Bertz CT molecular complexity index is 900. The molecule has 1 saturated heterocycles. The maximum atomic E-state index is 13.6. The van der Waals surface area contributed by atoms with E-state index < -0.39 is 5.82 Å². The Morgan fingerprint density at radius 3 is 2.79 bits per heavy atom. The summed E-state index contributed by atoms with van der Waals surface area (Å²) in [6.45, 7) is 5.25. The summed E-state index contributed by atoms with van der Waals surface area (Å²) in [5.41, 5.74) is 2.60. The average Bonchev–Trinajstić information content (AvgIpc) is 3.14. The van der Waals surface area contributed by atoms with Crippen LogP contribution in [0.2, 0.25) is 0 Å². The van der Waals surface area contributed by atoms with Gasteiger partial charge in [0.15, 0.2) is 0 Å². The molecule has 2 aliphatic rings. The van der Waals surface area contributed by atoms with Gasteiger partial charge in [-0.25, -0.2) is 4.39 Å². The second kappa shape index (κ2) is 8.32. The molecule has 0 radical (unpaired) electrons. The third-order valence-corrected chi connectivity index (χ3v) is 5.56. The van der Waals surface area contributed by atoms with Crippen LogP contribution in [-0.2, 0) is 17.7 Å². The zero-order valence-corrected chi connectivity index (χ0v) is 16.5. The first-order valence-corrected chi connectivity index (χ1v) is 9.98. The molecule has 1 aromatic heterocycles. The number of rotatable bonds is 4. The average molecular weight is 400 g/mol. The zero-order chi connectivity index (χ0) is 20.4. The van der Waals surface area contributed by atoms with Crippen LogP contribution in [0.3, 0.4) is 0 Å². The quantitative estimate of drug-likeness (QED) is 0.849. The predicted octanol–water partition coefficient (Wildman–Crippen LogP) is 1.80. The number of fused-ring (bicyclic) bond motifs is 1. The summed E-state index contributed by atoms with van der Waals surface area (Å²) in [7, 11) is 0. The number of halogens is 1. The highest BCUT2D eigenvalue weighted by atomic mass is 19.1. The summed E-state index contributed by atoms with van der Waals surface area (Å²) in [5, 5.41) is 7.29. The lowest BCUT2D eigenvalue weighted by Gasteiger charge is -2.28. The number of nitrogens with one attached hydrogen (secondary N) is 1. The van der Waals surface area contributed by atoms with Gasteiger partial charge in [0, 0.05) is 31.7 Å². The van der Waals surface area contributed by atoms with Gasteiger partial charge in [-0.1, -0.05) is 0 Å². The monoisotopic (exact) mass is 400 g/mol. The van der Waals surface area contributed by atoms with E-state index in [1.54, 1.807) is 24.1 Å². The number of aryl methyl sites for hydroxylation is 2. The number of nitrogens with zero attached hydrogens (tertiary/aromatic N) is 3. The second-order valence-corrected chi connectivity index (χ2v) is 7.72. The highest BCUT2D eigenvalue weighted by molar-refractivity contribution is 5.95. The van der Waals surface area contributed by atoms with Gasteiger partial charge in [-0.15, -0.1) is 0 Å². The summed E-state index contributed by atoms with van der Waals surface area (Å²) in [6.07, 6.45) is 3.19. The number of carbonyl (C=O) groups is 2. The fourth-order valence-electron chi connectivity index (χ4n) is 4.00. The van der Waals surface area contributed by atoms with Crippen LogP contribution >= 0.6 is 0 Å². The third kappa shape index (κ3) is 4.32. The Labute approximate surface area is 168 Å².